The molecule has 0 unspecified atom stereocenters. The molecular formula is C24H18ClN3O5. The molecule has 2 fully saturated rings. The van der Waals surface area contributed by atoms with Crippen LogP contribution in [0.3, 0.4) is 0 Å². The predicted molar refractivity (Wildman–Crippen MR) is 122 cm³/mol. The fourth-order valence-electron chi connectivity index (χ4n) is 4.36. The van der Waals surface area contributed by atoms with Crippen LogP contribution in [0.1, 0.15) is 17.2 Å². The van der Waals surface area contributed by atoms with E-state index < -0.39 is 34.8 Å². The summed E-state index contributed by atoms with van der Waals surface area (Å²) in [4.78, 5) is 44.8. The number of nitrogens with zero attached hydrogens (tertiary/aromatic N) is 3. The highest BCUT2D eigenvalue weighted by Crippen LogP contribution is 2.49. The van der Waals surface area contributed by atoms with E-state index in [2.05, 4.69) is 0 Å². The number of carbonyl (C=O) groups is 2. The van der Waals surface area contributed by atoms with E-state index in [1.165, 1.54) is 23.3 Å². The Bertz CT molecular complexity index is 1280. The maximum absolute atomic E-state index is 13.6. The molecule has 0 aliphatic carbocycles. The van der Waals surface area contributed by atoms with Crippen LogP contribution in [-0.4, -0.2) is 22.8 Å². The highest BCUT2D eigenvalue weighted by Gasteiger charge is 2.60. The molecule has 0 spiro atoms. The van der Waals surface area contributed by atoms with Crippen LogP contribution in [0.2, 0.25) is 5.02 Å². The standard InChI is InChI=1S/C24H18ClN3O5/c1-14-9-11-15(12-10-14)26-23(29)20-21(18-7-2-3-8-19(18)25)27(33-22(20)24(26)30)16-5-4-6-17(13-16)28(31)32/h2-13,20-22H,1H3/t20-,21-,22-/m0/s1. The number of rotatable bonds is 4. The van der Waals surface area contributed by atoms with Crippen LogP contribution >= 0.6 is 11.6 Å². The number of hydrogen-bond donors (Lipinski definition) is 0. The molecule has 3 aromatic rings. The molecule has 2 saturated heterocycles. The van der Waals surface area contributed by atoms with Gasteiger partial charge in [-0.15, -0.1) is 0 Å². The van der Waals surface area contributed by atoms with Crippen molar-refractivity contribution in [3.8, 4) is 0 Å². The molecule has 2 aliphatic rings. The fraction of sp³-hybridized carbons (Fsp3) is 0.167. The van der Waals surface area contributed by atoms with Gasteiger partial charge in [-0.1, -0.05) is 53.6 Å². The number of imide groups is 1. The number of nitro groups is 1. The third kappa shape index (κ3) is 3.44. The van der Waals surface area contributed by atoms with Gasteiger partial charge in [0.25, 0.3) is 11.6 Å². The molecule has 0 N–H and O–H groups in total. The summed E-state index contributed by atoms with van der Waals surface area (Å²) in [6.45, 7) is 1.92. The summed E-state index contributed by atoms with van der Waals surface area (Å²) in [5.74, 6) is -1.77. The molecule has 2 amide bonds. The maximum atomic E-state index is 13.6. The van der Waals surface area contributed by atoms with E-state index in [0.717, 1.165) is 10.5 Å². The summed E-state index contributed by atoms with van der Waals surface area (Å²) >= 11 is 6.48. The topological polar surface area (TPSA) is 93.0 Å². The van der Waals surface area contributed by atoms with Gasteiger partial charge >= 0.3 is 0 Å². The Morgan fingerprint density at radius 3 is 2.36 bits per heavy atom. The SMILES string of the molecule is Cc1ccc(N2C(=O)[C@@H]3[C@H](ON(c4cccc([N+](=O)[O-])c4)[C@H]3c3ccccc3Cl)C2=O)cc1. The number of hydroxylamine groups is 1. The monoisotopic (exact) mass is 463 g/mol. The van der Waals surface area contributed by atoms with Gasteiger partial charge in [0.2, 0.25) is 5.91 Å². The quantitative estimate of drug-likeness (QED) is 0.319. The molecule has 0 radical (unpaired) electrons. The van der Waals surface area contributed by atoms with Gasteiger partial charge in [0, 0.05) is 17.2 Å². The minimum absolute atomic E-state index is 0.134. The van der Waals surface area contributed by atoms with Crippen LogP contribution in [0.15, 0.2) is 72.8 Å². The van der Waals surface area contributed by atoms with E-state index >= 15 is 0 Å². The van der Waals surface area contributed by atoms with Gasteiger partial charge in [0.15, 0.2) is 6.10 Å². The summed E-state index contributed by atoms with van der Waals surface area (Å²) in [7, 11) is 0. The maximum Gasteiger partial charge on any atom is 0.271 e. The first kappa shape index (κ1) is 21.1. The highest BCUT2D eigenvalue weighted by molar-refractivity contribution is 6.31. The molecular weight excluding hydrogens is 446 g/mol. The third-order valence-corrected chi connectivity index (χ3v) is 6.27. The van der Waals surface area contributed by atoms with Crippen LogP contribution in [-0.2, 0) is 14.4 Å². The van der Waals surface area contributed by atoms with Crippen molar-refractivity contribution in [3.63, 3.8) is 0 Å². The summed E-state index contributed by atoms with van der Waals surface area (Å²) in [6.07, 6.45) is -1.08. The number of aryl methyl sites for hydroxylation is 1. The molecule has 3 atom stereocenters. The molecule has 5 rings (SSSR count). The second-order valence-corrected chi connectivity index (χ2v) is 8.38. The zero-order chi connectivity index (χ0) is 23.3. The molecule has 2 aliphatic heterocycles. The largest absolute Gasteiger partial charge is 0.273 e. The summed E-state index contributed by atoms with van der Waals surface area (Å²) < 4.78 is 0. The number of fused-ring (bicyclic) bond motifs is 1. The number of halogens is 1. The van der Waals surface area contributed by atoms with Crippen molar-refractivity contribution >= 4 is 40.5 Å². The number of non-ortho nitro benzene ring substituents is 1. The van der Waals surface area contributed by atoms with Crippen LogP contribution in [0, 0.1) is 23.0 Å². The Hall–Kier alpha value is -3.75. The Kier molecular flexibility index (Phi) is 5.11. The van der Waals surface area contributed by atoms with Crippen LogP contribution < -0.4 is 9.96 Å². The second-order valence-electron chi connectivity index (χ2n) is 7.97. The Morgan fingerprint density at radius 1 is 0.939 bits per heavy atom. The van der Waals surface area contributed by atoms with Crippen molar-refractivity contribution < 1.29 is 19.3 Å². The van der Waals surface area contributed by atoms with Crippen molar-refractivity contribution in [1.29, 1.82) is 0 Å². The molecule has 8 nitrogen and oxygen atoms in total. The number of hydrogen-bond acceptors (Lipinski definition) is 6. The van der Waals surface area contributed by atoms with E-state index in [1.807, 2.05) is 19.1 Å². The van der Waals surface area contributed by atoms with E-state index in [0.29, 0.717) is 22.0 Å². The summed E-state index contributed by atoms with van der Waals surface area (Å²) in [5, 5.41) is 13.1. The summed E-state index contributed by atoms with van der Waals surface area (Å²) in [5.41, 5.74) is 2.27. The molecule has 0 saturated carbocycles. The molecule has 166 valence electrons. The van der Waals surface area contributed by atoms with Gasteiger partial charge in [-0.2, -0.15) is 0 Å². The molecule has 9 heteroatoms. The Labute approximate surface area is 194 Å². The van der Waals surface area contributed by atoms with Gasteiger partial charge in [-0.3, -0.25) is 24.5 Å². The summed E-state index contributed by atoms with van der Waals surface area (Å²) in [6, 6.07) is 19.2. The Morgan fingerprint density at radius 2 is 1.67 bits per heavy atom. The lowest BCUT2D eigenvalue weighted by molar-refractivity contribution is -0.384. The van der Waals surface area contributed by atoms with Crippen LogP contribution in [0.5, 0.6) is 0 Å². The van der Waals surface area contributed by atoms with Crippen molar-refractivity contribution in [3.05, 3.63) is 99.1 Å². The van der Waals surface area contributed by atoms with Crippen molar-refractivity contribution in [2.75, 3.05) is 9.96 Å². The number of carbonyl (C=O) groups excluding carboxylic acids is 2. The predicted octanol–water partition coefficient (Wildman–Crippen LogP) is 4.61. The lowest BCUT2D eigenvalue weighted by atomic mass is 9.90. The van der Waals surface area contributed by atoms with Crippen LogP contribution in [0.4, 0.5) is 17.1 Å². The van der Waals surface area contributed by atoms with Crippen molar-refractivity contribution in [1.82, 2.24) is 0 Å². The second kappa shape index (κ2) is 7.99. The van der Waals surface area contributed by atoms with E-state index in [1.54, 1.807) is 42.5 Å². The van der Waals surface area contributed by atoms with Crippen molar-refractivity contribution in [2.24, 2.45) is 5.92 Å². The van der Waals surface area contributed by atoms with Crippen LogP contribution in [0.25, 0.3) is 0 Å². The smallest absolute Gasteiger partial charge is 0.271 e. The first-order valence-electron chi connectivity index (χ1n) is 10.3. The van der Waals surface area contributed by atoms with E-state index in [-0.39, 0.29) is 5.69 Å². The average molecular weight is 464 g/mol. The lowest BCUT2D eigenvalue weighted by Crippen LogP contribution is -2.37. The first-order valence-corrected chi connectivity index (χ1v) is 10.6. The van der Waals surface area contributed by atoms with Gasteiger partial charge in [0.1, 0.15) is 5.92 Å². The average Bonchev–Trinajstić information content (AvgIpc) is 3.31. The van der Waals surface area contributed by atoms with E-state index in [9.17, 15) is 19.7 Å². The minimum Gasteiger partial charge on any atom is -0.273 e. The zero-order valence-corrected chi connectivity index (χ0v) is 18.2. The number of amides is 2. The fourth-order valence-corrected chi connectivity index (χ4v) is 4.61. The normalized spacial score (nSPS) is 22.1. The van der Waals surface area contributed by atoms with Gasteiger partial charge in [0.05, 0.1) is 22.3 Å². The lowest BCUT2D eigenvalue weighted by Gasteiger charge is -2.29. The van der Waals surface area contributed by atoms with Crippen molar-refractivity contribution in [2.45, 2.75) is 19.1 Å². The van der Waals surface area contributed by atoms with Gasteiger partial charge in [-0.25, -0.2) is 9.96 Å². The molecule has 33 heavy (non-hydrogen) atoms. The number of benzene rings is 3. The van der Waals surface area contributed by atoms with Gasteiger partial charge in [-0.05, 0) is 36.8 Å². The first-order chi connectivity index (χ1) is 15.9. The Balaban J connectivity index is 1.61. The molecule has 2 heterocycles. The molecule has 0 aromatic heterocycles. The molecule has 0 bridgehead atoms. The number of anilines is 2. The highest BCUT2D eigenvalue weighted by atomic mass is 35.5. The van der Waals surface area contributed by atoms with Gasteiger partial charge < -0.3 is 0 Å². The minimum atomic E-state index is -1.08. The van der Waals surface area contributed by atoms with E-state index in [4.69, 9.17) is 16.4 Å². The zero-order valence-electron chi connectivity index (χ0n) is 17.4. The number of nitro benzene ring substituents is 1. The molecule has 3 aromatic carbocycles. The third-order valence-electron chi connectivity index (χ3n) is 5.93.